The van der Waals surface area contributed by atoms with Gasteiger partial charge in [0, 0.05) is 18.5 Å². The Kier molecular flexibility index (Phi) is 9.36. The van der Waals surface area contributed by atoms with Gasteiger partial charge in [0.25, 0.3) is 15.9 Å². The first-order valence-corrected chi connectivity index (χ1v) is 14.2. The SMILES string of the molecule is CCOc1cc(C(F)(F)F)ccc1C(=O)NCC(CC)c1ccc(S(=O)(=O)N(c2nncs2)C(C)C)cc1. The molecule has 2 aromatic carbocycles. The zero-order chi connectivity index (χ0) is 28.1. The Labute approximate surface area is 223 Å². The molecule has 0 aliphatic carbocycles. The summed E-state index contributed by atoms with van der Waals surface area (Å²) in [5.41, 5.74) is 1.37. The molecule has 1 amide bonds. The van der Waals surface area contributed by atoms with E-state index in [-0.39, 0.29) is 46.5 Å². The van der Waals surface area contributed by atoms with Gasteiger partial charge < -0.3 is 10.1 Å². The summed E-state index contributed by atoms with van der Waals surface area (Å²) in [6.45, 7) is 7.32. The average Bonchev–Trinajstić information content (AvgIpc) is 3.38. The van der Waals surface area contributed by atoms with Crippen molar-refractivity contribution >= 4 is 32.4 Å². The van der Waals surface area contributed by atoms with E-state index < -0.39 is 27.7 Å². The second-order valence-corrected chi connectivity index (χ2v) is 11.3. The first kappa shape index (κ1) is 29.4. The fraction of sp³-hybridized carbons (Fsp3) is 0.400. The first-order chi connectivity index (χ1) is 17.9. The van der Waals surface area contributed by atoms with E-state index in [2.05, 4.69) is 15.5 Å². The Balaban J connectivity index is 1.76. The van der Waals surface area contributed by atoms with Crippen molar-refractivity contribution in [2.24, 2.45) is 0 Å². The van der Waals surface area contributed by atoms with Crippen molar-refractivity contribution in [3.63, 3.8) is 0 Å². The lowest BCUT2D eigenvalue weighted by atomic mass is 9.96. The Morgan fingerprint density at radius 1 is 1.13 bits per heavy atom. The Morgan fingerprint density at radius 2 is 1.82 bits per heavy atom. The van der Waals surface area contributed by atoms with Crippen LogP contribution in [0.2, 0.25) is 0 Å². The maximum absolute atomic E-state index is 13.3. The highest BCUT2D eigenvalue weighted by atomic mass is 32.2. The summed E-state index contributed by atoms with van der Waals surface area (Å²) in [5, 5.41) is 10.7. The minimum atomic E-state index is -4.56. The van der Waals surface area contributed by atoms with Gasteiger partial charge in [-0.2, -0.15) is 13.2 Å². The highest BCUT2D eigenvalue weighted by Crippen LogP contribution is 2.33. The van der Waals surface area contributed by atoms with Crippen molar-refractivity contribution in [3.05, 3.63) is 64.7 Å². The lowest BCUT2D eigenvalue weighted by Gasteiger charge is -2.25. The maximum atomic E-state index is 13.3. The number of amides is 1. The van der Waals surface area contributed by atoms with Gasteiger partial charge in [0.15, 0.2) is 0 Å². The van der Waals surface area contributed by atoms with Crippen LogP contribution in [-0.2, 0) is 16.2 Å². The van der Waals surface area contributed by atoms with Crippen molar-refractivity contribution in [2.45, 2.75) is 57.1 Å². The fourth-order valence-corrected chi connectivity index (χ4v) is 6.39. The number of nitrogens with zero attached hydrogens (tertiary/aromatic N) is 3. The molecule has 1 N–H and O–H groups in total. The molecular formula is C25H29F3N4O4S2. The van der Waals surface area contributed by atoms with E-state index in [1.807, 2.05) is 6.92 Å². The van der Waals surface area contributed by atoms with E-state index >= 15 is 0 Å². The van der Waals surface area contributed by atoms with E-state index in [0.717, 1.165) is 35.1 Å². The molecule has 0 bridgehead atoms. The number of anilines is 1. The van der Waals surface area contributed by atoms with Crippen molar-refractivity contribution in [1.82, 2.24) is 15.5 Å². The van der Waals surface area contributed by atoms with E-state index in [9.17, 15) is 26.4 Å². The number of hydrogen-bond acceptors (Lipinski definition) is 7. The van der Waals surface area contributed by atoms with Gasteiger partial charge in [-0.05, 0) is 63.1 Å². The van der Waals surface area contributed by atoms with E-state index in [4.69, 9.17) is 4.74 Å². The highest BCUT2D eigenvalue weighted by molar-refractivity contribution is 7.93. The summed E-state index contributed by atoms with van der Waals surface area (Å²) in [4.78, 5) is 12.9. The lowest BCUT2D eigenvalue weighted by Crippen LogP contribution is -2.37. The van der Waals surface area contributed by atoms with Crippen LogP contribution in [0.1, 0.15) is 61.5 Å². The van der Waals surface area contributed by atoms with Crippen molar-refractivity contribution in [1.29, 1.82) is 0 Å². The Morgan fingerprint density at radius 3 is 2.34 bits per heavy atom. The van der Waals surface area contributed by atoms with Gasteiger partial charge in [-0.3, -0.25) is 4.79 Å². The lowest BCUT2D eigenvalue weighted by molar-refractivity contribution is -0.137. The normalized spacial score (nSPS) is 12.8. The number of nitrogens with one attached hydrogen (secondary N) is 1. The standard InChI is InChI=1S/C25H29F3N4O4S2/c1-5-17(14-29-23(33)21-12-9-19(25(26,27)28)13-22(21)36-6-2)18-7-10-20(11-8-18)38(34,35)32(16(3)4)24-31-30-15-37-24/h7-13,15-17H,5-6,14H2,1-4H3,(H,29,33). The van der Waals surface area contributed by atoms with E-state index in [0.29, 0.717) is 6.42 Å². The van der Waals surface area contributed by atoms with Crippen LogP contribution in [0.15, 0.2) is 52.9 Å². The molecule has 0 saturated heterocycles. The van der Waals surface area contributed by atoms with Crippen LogP contribution >= 0.6 is 11.3 Å². The predicted molar refractivity (Wildman–Crippen MR) is 139 cm³/mol. The van der Waals surface area contributed by atoms with Gasteiger partial charge in [-0.15, -0.1) is 10.2 Å². The van der Waals surface area contributed by atoms with Crippen LogP contribution in [0.4, 0.5) is 18.3 Å². The smallest absolute Gasteiger partial charge is 0.416 e. The van der Waals surface area contributed by atoms with Crippen LogP contribution in [-0.4, -0.2) is 43.7 Å². The number of sulfonamides is 1. The number of rotatable bonds is 11. The Hall–Kier alpha value is -3.19. The van der Waals surface area contributed by atoms with Crippen LogP contribution in [0.25, 0.3) is 0 Å². The zero-order valence-electron chi connectivity index (χ0n) is 21.3. The first-order valence-electron chi connectivity index (χ1n) is 11.9. The average molecular weight is 571 g/mol. The number of halogens is 3. The van der Waals surface area contributed by atoms with Gasteiger partial charge >= 0.3 is 6.18 Å². The third-order valence-corrected chi connectivity index (χ3v) is 8.55. The van der Waals surface area contributed by atoms with Crippen molar-refractivity contribution < 1.29 is 31.1 Å². The summed E-state index contributed by atoms with van der Waals surface area (Å²) in [5.74, 6) is -0.873. The van der Waals surface area contributed by atoms with Gasteiger partial charge in [0.2, 0.25) is 5.13 Å². The summed E-state index contributed by atoms with van der Waals surface area (Å²) in [6, 6.07) is 8.78. The number of benzene rings is 2. The van der Waals surface area contributed by atoms with Gasteiger partial charge in [0.1, 0.15) is 11.3 Å². The second-order valence-electron chi connectivity index (χ2n) is 8.64. The third-order valence-electron chi connectivity index (χ3n) is 5.77. The van der Waals surface area contributed by atoms with Crippen LogP contribution in [0.3, 0.4) is 0 Å². The van der Waals surface area contributed by atoms with Crippen LogP contribution in [0.5, 0.6) is 5.75 Å². The second kappa shape index (κ2) is 12.1. The van der Waals surface area contributed by atoms with Crippen LogP contribution in [0, 0.1) is 0 Å². The number of ether oxygens (including phenoxy) is 1. The quantitative estimate of drug-likeness (QED) is 0.328. The number of hydrogen-bond donors (Lipinski definition) is 1. The number of carbonyl (C=O) groups is 1. The molecule has 0 radical (unpaired) electrons. The molecule has 3 rings (SSSR count). The zero-order valence-corrected chi connectivity index (χ0v) is 23.0. The summed E-state index contributed by atoms with van der Waals surface area (Å²) in [6.07, 6.45) is -3.93. The van der Waals surface area contributed by atoms with E-state index in [1.54, 1.807) is 32.9 Å². The fourth-order valence-electron chi connectivity index (χ4n) is 3.86. The minimum Gasteiger partial charge on any atom is -0.493 e. The molecule has 1 aromatic heterocycles. The number of alkyl halides is 3. The number of carbonyl (C=O) groups excluding carboxylic acids is 1. The molecule has 0 fully saturated rings. The van der Waals surface area contributed by atoms with Gasteiger partial charge in [-0.1, -0.05) is 30.4 Å². The molecule has 0 aliphatic heterocycles. The Bertz CT molecular complexity index is 1330. The van der Waals surface area contributed by atoms with Crippen LogP contribution < -0.4 is 14.4 Å². The van der Waals surface area contributed by atoms with Gasteiger partial charge in [-0.25, -0.2) is 12.7 Å². The molecular weight excluding hydrogens is 541 g/mol. The molecule has 0 spiro atoms. The molecule has 1 atom stereocenters. The van der Waals surface area contributed by atoms with Gasteiger partial charge in [0.05, 0.1) is 22.6 Å². The maximum Gasteiger partial charge on any atom is 0.416 e. The monoisotopic (exact) mass is 570 g/mol. The topological polar surface area (TPSA) is 101 Å². The predicted octanol–water partition coefficient (Wildman–Crippen LogP) is 5.48. The molecule has 1 heterocycles. The molecule has 1 unspecified atom stereocenters. The largest absolute Gasteiger partial charge is 0.493 e. The molecule has 13 heteroatoms. The summed E-state index contributed by atoms with van der Waals surface area (Å²) < 4.78 is 72.3. The molecule has 3 aromatic rings. The molecule has 0 aliphatic rings. The van der Waals surface area contributed by atoms with Crippen molar-refractivity contribution in [2.75, 3.05) is 17.5 Å². The molecule has 0 saturated carbocycles. The molecule has 38 heavy (non-hydrogen) atoms. The molecule has 206 valence electrons. The van der Waals surface area contributed by atoms with E-state index in [1.165, 1.54) is 21.9 Å². The van der Waals surface area contributed by atoms with Crippen molar-refractivity contribution in [3.8, 4) is 5.75 Å². The highest BCUT2D eigenvalue weighted by Gasteiger charge is 2.32. The third kappa shape index (κ3) is 6.62. The minimum absolute atomic E-state index is 0.00148. The summed E-state index contributed by atoms with van der Waals surface area (Å²) >= 11 is 1.13. The number of aromatic nitrogens is 2. The molecule has 8 nitrogen and oxygen atoms in total. The summed E-state index contributed by atoms with van der Waals surface area (Å²) in [7, 11) is -3.88.